The van der Waals surface area contributed by atoms with E-state index >= 15 is 0 Å². The van der Waals surface area contributed by atoms with Crippen LogP contribution >= 0.6 is 11.3 Å². The minimum atomic E-state index is -2.88. The highest BCUT2D eigenvalue weighted by Crippen LogP contribution is 2.41. The molecule has 1 aliphatic heterocycles. The molecule has 0 bridgehead atoms. The molecule has 0 amide bonds. The predicted molar refractivity (Wildman–Crippen MR) is 115 cm³/mol. The van der Waals surface area contributed by atoms with Gasteiger partial charge in [0.1, 0.15) is 11.9 Å². The van der Waals surface area contributed by atoms with E-state index in [1.807, 2.05) is 18.2 Å². The Morgan fingerprint density at radius 1 is 1.11 bits per heavy atom. The SMILES string of the molecule is Cc1cc(OC2CCS(=O)(=O)CC2)ccc1-c1c(C)sc2ccc(CO)cc12. The Balaban J connectivity index is 1.64. The van der Waals surface area contributed by atoms with Crippen molar-refractivity contribution in [1.82, 2.24) is 0 Å². The van der Waals surface area contributed by atoms with Gasteiger partial charge in [-0.1, -0.05) is 12.1 Å². The number of aliphatic hydroxyl groups is 1. The van der Waals surface area contributed by atoms with Crippen LogP contribution in [0, 0.1) is 13.8 Å². The largest absolute Gasteiger partial charge is 0.490 e. The highest BCUT2D eigenvalue weighted by molar-refractivity contribution is 7.91. The Kier molecular flexibility index (Phi) is 5.21. The molecule has 1 aliphatic rings. The lowest BCUT2D eigenvalue weighted by molar-refractivity contribution is 0.189. The minimum Gasteiger partial charge on any atom is -0.490 e. The van der Waals surface area contributed by atoms with Crippen LogP contribution in [0.5, 0.6) is 5.75 Å². The average molecular weight is 417 g/mol. The number of thiophene rings is 1. The van der Waals surface area contributed by atoms with Crippen molar-refractivity contribution in [2.75, 3.05) is 11.5 Å². The molecule has 0 radical (unpaired) electrons. The molecule has 4 nitrogen and oxygen atoms in total. The van der Waals surface area contributed by atoms with Crippen LogP contribution in [-0.4, -0.2) is 31.1 Å². The van der Waals surface area contributed by atoms with Crippen molar-refractivity contribution in [3.63, 3.8) is 0 Å². The fourth-order valence-corrected chi connectivity index (χ4v) is 6.38. The van der Waals surface area contributed by atoms with Crippen LogP contribution in [0.1, 0.15) is 28.8 Å². The molecule has 6 heteroatoms. The van der Waals surface area contributed by atoms with Crippen LogP contribution in [0.4, 0.5) is 0 Å². The van der Waals surface area contributed by atoms with Gasteiger partial charge >= 0.3 is 0 Å². The van der Waals surface area contributed by atoms with Gasteiger partial charge in [-0.05, 0) is 67.6 Å². The summed E-state index contributed by atoms with van der Waals surface area (Å²) in [6.07, 6.45) is 1.08. The molecule has 0 spiro atoms. The maximum Gasteiger partial charge on any atom is 0.150 e. The molecule has 3 aromatic rings. The van der Waals surface area contributed by atoms with Crippen LogP contribution < -0.4 is 4.74 Å². The lowest BCUT2D eigenvalue weighted by Gasteiger charge is -2.23. The number of aryl methyl sites for hydroxylation is 2. The zero-order valence-corrected chi connectivity index (χ0v) is 17.7. The standard InChI is InChI=1S/C22H24O4S2/c1-14-11-18(26-17-7-9-28(24,25)10-8-17)4-5-19(14)22-15(2)27-21-6-3-16(13-23)12-20(21)22/h3-6,11-12,17,23H,7-10,13H2,1-2H3. The quantitative estimate of drug-likeness (QED) is 0.673. The van der Waals surface area contributed by atoms with E-state index in [9.17, 15) is 13.5 Å². The summed E-state index contributed by atoms with van der Waals surface area (Å²) in [5.74, 6) is 1.21. The van der Waals surface area contributed by atoms with Gasteiger partial charge in [0.25, 0.3) is 0 Å². The van der Waals surface area contributed by atoms with E-state index in [1.165, 1.54) is 20.5 Å². The Bertz CT molecular complexity index is 1110. The number of hydrogen-bond donors (Lipinski definition) is 1. The van der Waals surface area contributed by atoms with Crippen LogP contribution in [0.3, 0.4) is 0 Å². The summed E-state index contributed by atoms with van der Waals surface area (Å²) in [5.41, 5.74) is 4.41. The lowest BCUT2D eigenvalue weighted by Crippen LogP contribution is -2.30. The van der Waals surface area contributed by atoms with Crippen LogP contribution in [0.25, 0.3) is 21.2 Å². The molecular formula is C22H24O4S2. The molecule has 0 atom stereocenters. The van der Waals surface area contributed by atoms with Crippen molar-refractivity contribution in [1.29, 1.82) is 0 Å². The first-order valence-corrected chi connectivity index (χ1v) is 12.1. The zero-order valence-electron chi connectivity index (χ0n) is 16.1. The summed E-state index contributed by atoms with van der Waals surface area (Å²) in [6, 6.07) is 12.2. The van der Waals surface area contributed by atoms with E-state index in [-0.39, 0.29) is 24.2 Å². The Morgan fingerprint density at radius 2 is 1.86 bits per heavy atom. The molecule has 0 aliphatic carbocycles. The normalized spacial score (nSPS) is 17.1. The van der Waals surface area contributed by atoms with E-state index in [0.717, 1.165) is 22.4 Å². The van der Waals surface area contributed by atoms with E-state index in [1.54, 1.807) is 11.3 Å². The molecule has 2 aromatic carbocycles. The summed E-state index contributed by atoms with van der Waals surface area (Å²) in [7, 11) is -2.88. The molecule has 0 saturated carbocycles. The number of aliphatic hydroxyl groups excluding tert-OH is 1. The van der Waals surface area contributed by atoms with Gasteiger partial charge in [-0.3, -0.25) is 0 Å². The fraction of sp³-hybridized carbons (Fsp3) is 0.364. The van der Waals surface area contributed by atoms with Gasteiger partial charge in [-0.2, -0.15) is 0 Å². The molecule has 28 heavy (non-hydrogen) atoms. The van der Waals surface area contributed by atoms with Crippen molar-refractivity contribution in [3.05, 3.63) is 52.4 Å². The second-order valence-electron chi connectivity index (χ2n) is 7.47. The summed E-state index contributed by atoms with van der Waals surface area (Å²) in [4.78, 5) is 1.25. The van der Waals surface area contributed by atoms with Crippen molar-refractivity contribution < 1.29 is 18.3 Å². The van der Waals surface area contributed by atoms with E-state index in [2.05, 4.69) is 32.0 Å². The number of rotatable bonds is 4. The van der Waals surface area contributed by atoms with Gasteiger partial charge in [-0.15, -0.1) is 11.3 Å². The Morgan fingerprint density at radius 3 is 2.54 bits per heavy atom. The number of hydrogen-bond acceptors (Lipinski definition) is 5. The molecule has 0 unspecified atom stereocenters. The molecule has 1 aromatic heterocycles. The van der Waals surface area contributed by atoms with Crippen LogP contribution in [0.2, 0.25) is 0 Å². The molecular weight excluding hydrogens is 392 g/mol. The summed E-state index contributed by atoms with van der Waals surface area (Å²) < 4.78 is 30.5. The first kappa shape index (κ1) is 19.4. The van der Waals surface area contributed by atoms with Gasteiger partial charge in [0.2, 0.25) is 0 Å². The summed E-state index contributed by atoms with van der Waals surface area (Å²) in [6.45, 7) is 4.24. The minimum absolute atomic E-state index is 0.0349. The third kappa shape index (κ3) is 3.81. The third-order valence-electron chi connectivity index (χ3n) is 5.38. The van der Waals surface area contributed by atoms with Crippen molar-refractivity contribution >= 4 is 31.3 Å². The van der Waals surface area contributed by atoms with Gasteiger partial charge in [-0.25, -0.2) is 8.42 Å². The number of fused-ring (bicyclic) bond motifs is 1. The highest BCUT2D eigenvalue weighted by Gasteiger charge is 2.25. The second kappa shape index (κ2) is 7.50. The van der Waals surface area contributed by atoms with Crippen molar-refractivity contribution in [2.45, 2.75) is 39.4 Å². The third-order valence-corrected chi connectivity index (χ3v) is 8.18. The van der Waals surface area contributed by atoms with Crippen LogP contribution in [-0.2, 0) is 16.4 Å². The monoisotopic (exact) mass is 416 g/mol. The van der Waals surface area contributed by atoms with E-state index in [0.29, 0.717) is 12.8 Å². The first-order valence-electron chi connectivity index (χ1n) is 9.47. The highest BCUT2D eigenvalue weighted by atomic mass is 32.2. The zero-order chi connectivity index (χ0) is 19.9. The van der Waals surface area contributed by atoms with Gasteiger partial charge in [0.15, 0.2) is 9.84 Å². The fourth-order valence-electron chi connectivity index (χ4n) is 3.87. The molecule has 1 saturated heterocycles. The van der Waals surface area contributed by atoms with E-state index in [4.69, 9.17) is 4.74 Å². The lowest BCUT2D eigenvalue weighted by atomic mass is 9.97. The summed E-state index contributed by atoms with van der Waals surface area (Å²) in [5, 5.41) is 10.7. The molecule has 1 fully saturated rings. The van der Waals surface area contributed by atoms with Crippen molar-refractivity contribution in [2.24, 2.45) is 0 Å². The Hall–Kier alpha value is -1.89. The van der Waals surface area contributed by atoms with Crippen molar-refractivity contribution in [3.8, 4) is 16.9 Å². The first-order chi connectivity index (χ1) is 13.4. The average Bonchev–Trinajstić information content (AvgIpc) is 2.98. The molecule has 2 heterocycles. The molecule has 1 N–H and O–H groups in total. The predicted octanol–water partition coefficient (Wildman–Crippen LogP) is 4.63. The number of sulfone groups is 1. The topological polar surface area (TPSA) is 63.6 Å². The molecule has 4 rings (SSSR count). The van der Waals surface area contributed by atoms with Gasteiger partial charge in [0, 0.05) is 20.5 Å². The number of benzene rings is 2. The molecule has 148 valence electrons. The second-order valence-corrected chi connectivity index (χ2v) is 11.0. The van der Waals surface area contributed by atoms with Crippen LogP contribution in [0.15, 0.2) is 36.4 Å². The number of ether oxygens (including phenoxy) is 1. The Labute approximate surface area is 169 Å². The maximum atomic E-state index is 11.6. The van der Waals surface area contributed by atoms with Gasteiger partial charge < -0.3 is 9.84 Å². The smallest absolute Gasteiger partial charge is 0.150 e. The maximum absolute atomic E-state index is 11.6. The van der Waals surface area contributed by atoms with Gasteiger partial charge in [0.05, 0.1) is 18.1 Å². The summed E-state index contributed by atoms with van der Waals surface area (Å²) >= 11 is 1.76. The van der Waals surface area contributed by atoms with E-state index < -0.39 is 9.84 Å².